The van der Waals surface area contributed by atoms with Gasteiger partial charge in [-0.15, -0.1) is 0 Å². The van der Waals surface area contributed by atoms with Crippen LogP contribution in [0.15, 0.2) is 48.5 Å². The van der Waals surface area contributed by atoms with E-state index < -0.39 is 0 Å². The van der Waals surface area contributed by atoms with Crippen LogP contribution in [0.5, 0.6) is 0 Å². The number of amides is 4. The van der Waals surface area contributed by atoms with Crippen molar-refractivity contribution in [1.29, 1.82) is 0 Å². The highest BCUT2D eigenvalue weighted by atomic mass is 16.2. The number of carbonyl (C=O) groups excluding carboxylic acids is 4. The summed E-state index contributed by atoms with van der Waals surface area (Å²) in [4.78, 5) is 50.9. The molecular formula is C32H42N4O4. The molecule has 0 saturated heterocycles. The van der Waals surface area contributed by atoms with E-state index in [9.17, 15) is 19.2 Å². The Hall–Kier alpha value is -3.68. The zero-order chi connectivity index (χ0) is 28.2. The number of hydrogen-bond donors (Lipinski definition) is 4. The van der Waals surface area contributed by atoms with Gasteiger partial charge in [0, 0.05) is 24.9 Å². The van der Waals surface area contributed by atoms with Gasteiger partial charge in [0.05, 0.1) is 22.5 Å². The molecule has 0 unspecified atom stereocenters. The van der Waals surface area contributed by atoms with Gasteiger partial charge in [-0.3, -0.25) is 19.2 Å². The van der Waals surface area contributed by atoms with Gasteiger partial charge in [-0.2, -0.15) is 0 Å². The molecule has 2 saturated carbocycles. The summed E-state index contributed by atoms with van der Waals surface area (Å²) >= 11 is 0. The average Bonchev–Trinajstić information content (AvgIpc) is 2.97. The van der Waals surface area contributed by atoms with Gasteiger partial charge in [-0.25, -0.2) is 0 Å². The molecule has 8 heteroatoms. The van der Waals surface area contributed by atoms with Gasteiger partial charge in [0.1, 0.15) is 0 Å². The number of carbonyl (C=O) groups is 4. The van der Waals surface area contributed by atoms with Crippen molar-refractivity contribution in [1.82, 2.24) is 10.6 Å². The van der Waals surface area contributed by atoms with Gasteiger partial charge >= 0.3 is 0 Å². The van der Waals surface area contributed by atoms with Crippen LogP contribution < -0.4 is 21.3 Å². The van der Waals surface area contributed by atoms with E-state index in [2.05, 4.69) is 21.3 Å². The Morgan fingerprint density at radius 2 is 0.925 bits per heavy atom. The second-order valence-corrected chi connectivity index (χ2v) is 11.0. The number of anilines is 2. The van der Waals surface area contributed by atoms with E-state index in [1.54, 1.807) is 48.5 Å². The van der Waals surface area contributed by atoms with E-state index in [-0.39, 0.29) is 48.6 Å². The largest absolute Gasteiger partial charge is 0.349 e. The molecule has 0 spiro atoms. The first-order valence-corrected chi connectivity index (χ1v) is 14.9. The third kappa shape index (κ3) is 8.93. The van der Waals surface area contributed by atoms with Crippen molar-refractivity contribution in [3.8, 4) is 0 Å². The maximum absolute atomic E-state index is 12.8. The van der Waals surface area contributed by atoms with Crippen molar-refractivity contribution < 1.29 is 19.2 Å². The highest BCUT2D eigenvalue weighted by Crippen LogP contribution is 2.22. The zero-order valence-corrected chi connectivity index (χ0v) is 23.3. The number of unbranched alkanes of at least 4 members (excludes halogenated alkanes) is 1. The van der Waals surface area contributed by atoms with Gasteiger partial charge in [0.25, 0.3) is 11.8 Å². The van der Waals surface area contributed by atoms with Crippen LogP contribution in [0.4, 0.5) is 11.4 Å². The summed E-state index contributed by atoms with van der Waals surface area (Å²) in [5.41, 5.74) is 1.93. The van der Waals surface area contributed by atoms with Crippen LogP contribution in [0, 0.1) is 0 Å². The molecular weight excluding hydrogens is 504 g/mol. The maximum Gasteiger partial charge on any atom is 0.253 e. The number of benzene rings is 2. The van der Waals surface area contributed by atoms with Crippen LogP contribution in [0.2, 0.25) is 0 Å². The fourth-order valence-electron chi connectivity index (χ4n) is 5.60. The molecule has 0 bridgehead atoms. The quantitative estimate of drug-likeness (QED) is 0.261. The summed E-state index contributed by atoms with van der Waals surface area (Å²) in [6.07, 6.45) is 12.5. The topological polar surface area (TPSA) is 116 Å². The first kappa shape index (κ1) is 29.3. The normalized spacial score (nSPS) is 16.1. The molecule has 2 fully saturated rings. The second-order valence-electron chi connectivity index (χ2n) is 11.0. The van der Waals surface area contributed by atoms with Crippen molar-refractivity contribution in [2.24, 2.45) is 0 Å². The van der Waals surface area contributed by atoms with Gasteiger partial charge in [-0.05, 0) is 62.8 Å². The van der Waals surface area contributed by atoms with Crippen LogP contribution in [-0.4, -0.2) is 35.7 Å². The Morgan fingerprint density at radius 1 is 0.550 bits per heavy atom. The van der Waals surface area contributed by atoms with Crippen LogP contribution in [-0.2, 0) is 9.59 Å². The number of rotatable bonds is 11. The molecule has 4 rings (SSSR count). The minimum Gasteiger partial charge on any atom is -0.349 e. The molecule has 0 heterocycles. The smallest absolute Gasteiger partial charge is 0.253 e. The third-order valence-corrected chi connectivity index (χ3v) is 7.83. The Morgan fingerprint density at radius 3 is 1.32 bits per heavy atom. The van der Waals surface area contributed by atoms with Crippen LogP contribution in [0.25, 0.3) is 0 Å². The fraction of sp³-hybridized carbons (Fsp3) is 0.500. The van der Waals surface area contributed by atoms with Gasteiger partial charge < -0.3 is 21.3 Å². The highest BCUT2D eigenvalue weighted by Gasteiger charge is 2.20. The van der Waals surface area contributed by atoms with Crippen molar-refractivity contribution >= 4 is 35.0 Å². The van der Waals surface area contributed by atoms with Crippen molar-refractivity contribution in [2.45, 2.75) is 102 Å². The van der Waals surface area contributed by atoms with E-state index in [0.717, 1.165) is 51.4 Å². The molecule has 0 radical (unpaired) electrons. The summed E-state index contributed by atoms with van der Waals surface area (Å²) < 4.78 is 0. The van der Waals surface area contributed by atoms with E-state index in [4.69, 9.17) is 0 Å². The second kappa shape index (κ2) is 15.2. The summed E-state index contributed by atoms with van der Waals surface area (Å²) in [5.74, 6) is -0.703. The summed E-state index contributed by atoms with van der Waals surface area (Å²) in [7, 11) is 0. The first-order valence-electron chi connectivity index (χ1n) is 14.9. The summed E-state index contributed by atoms with van der Waals surface area (Å²) in [5, 5.41) is 11.9. The molecule has 40 heavy (non-hydrogen) atoms. The molecule has 214 valence electrons. The SMILES string of the molecule is O=C(CCCCC(=O)Nc1ccccc1C(=O)NC1CCCCC1)Nc1ccccc1C(=O)NC1CCCCC1. The van der Waals surface area contributed by atoms with Gasteiger partial charge in [-0.1, -0.05) is 62.8 Å². The van der Waals surface area contributed by atoms with Crippen molar-refractivity contribution in [2.75, 3.05) is 10.6 Å². The third-order valence-electron chi connectivity index (χ3n) is 7.83. The Balaban J connectivity index is 1.20. The number of para-hydroxylation sites is 2. The monoisotopic (exact) mass is 546 g/mol. The van der Waals surface area contributed by atoms with E-state index in [1.807, 2.05) is 0 Å². The molecule has 0 aromatic heterocycles. The van der Waals surface area contributed by atoms with Gasteiger partial charge in [0.2, 0.25) is 11.8 Å². The lowest BCUT2D eigenvalue weighted by molar-refractivity contribution is -0.118. The minimum atomic E-state index is -0.192. The van der Waals surface area contributed by atoms with E-state index >= 15 is 0 Å². The van der Waals surface area contributed by atoms with Crippen LogP contribution in [0.1, 0.15) is 111 Å². The van der Waals surface area contributed by atoms with Crippen LogP contribution in [0.3, 0.4) is 0 Å². The molecule has 2 aliphatic carbocycles. The van der Waals surface area contributed by atoms with Crippen LogP contribution >= 0.6 is 0 Å². The predicted octanol–water partition coefficient (Wildman–Crippen LogP) is 5.95. The lowest BCUT2D eigenvalue weighted by atomic mass is 9.95. The molecule has 4 N–H and O–H groups in total. The fourth-order valence-corrected chi connectivity index (χ4v) is 5.60. The Labute approximate surface area is 237 Å². The molecule has 0 aliphatic heterocycles. The van der Waals surface area contributed by atoms with E-state index in [0.29, 0.717) is 35.3 Å². The molecule has 2 aromatic carbocycles. The molecule has 0 atom stereocenters. The maximum atomic E-state index is 12.8. The van der Waals surface area contributed by atoms with Gasteiger partial charge in [0.15, 0.2) is 0 Å². The Bertz CT molecular complexity index is 1080. The predicted molar refractivity (Wildman–Crippen MR) is 157 cm³/mol. The first-order chi connectivity index (χ1) is 19.5. The molecule has 2 aromatic rings. The summed E-state index contributed by atoms with van der Waals surface area (Å²) in [6.45, 7) is 0. The zero-order valence-electron chi connectivity index (χ0n) is 23.3. The van der Waals surface area contributed by atoms with Crippen molar-refractivity contribution in [3.63, 3.8) is 0 Å². The lowest BCUT2D eigenvalue weighted by Gasteiger charge is -2.23. The molecule has 2 aliphatic rings. The minimum absolute atomic E-state index is 0.160. The van der Waals surface area contributed by atoms with E-state index in [1.165, 1.54) is 12.8 Å². The lowest BCUT2D eigenvalue weighted by Crippen LogP contribution is -2.36. The molecule has 4 amide bonds. The number of hydrogen-bond acceptors (Lipinski definition) is 4. The average molecular weight is 547 g/mol. The summed E-state index contributed by atoms with van der Waals surface area (Å²) in [6, 6.07) is 14.5. The highest BCUT2D eigenvalue weighted by molar-refractivity contribution is 6.04. The standard InChI is InChI=1S/C32H42N4O4/c37-29(35-27-19-9-7-17-25(27)31(39)33-23-13-3-1-4-14-23)21-11-12-22-30(38)36-28-20-10-8-18-26(28)32(40)34-24-15-5-2-6-16-24/h7-10,17-20,23-24H,1-6,11-16,21-22H2,(H,33,39)(H,34,40)(H,35,37)(H,36,38). The molecule has 8 nitrogen and oxygen atoms in total. The number of nitrogens with one attached hydrogen (secondary N) is 4. The Kier molecular flexibility index (Phi) is 11.1. The van der Waals surface area contributed by atoms with Crippen molar-refractivity contribution in [3.05, 3.63) is 59.7 Å².